The van der Waals surface area contributed by atoms with Crippen LogP contribution in [-0.4, -0.2) is 37.2 Å². The van der Waals surface area contributed by atoms with Gasteiger partial charge in [0, 0.05) is 11.6 Å². The van der Waals surface area contributed by atoms with E-state index in [-0.39, 0.29) is 11.6 Å². The molecule has 1 atom stereocenters. The Kier molecular flexibility index (Phi) is 7.10. The lowest BCUT2D eigenvalue weighted by Crippen LogP contribution is -2.21. The third-order valence-electron chi connectivity index (χ3n) is 4.01. The molecule has 0 spiro atoms. The highest BCUT2D eigenvalue weighted by molar-refractivity contribution is 5.84. The van der Waals surface area contributed by atoms with E-state index >= 15 is 0 Å². The number of carboxylic acid groups (broad SMARTS) is 1. The molecule has 4 N–H and O–H groups in total. The van der Waals surface area contributed by atoms with Gasteiger partial charge in [-0.25, -0.2) is 9.48 Å². The average molecular weight is 411 g/mol. The maximum Gasteiger partial charge on any atom is 0.490 e. The molecular formula is C18H20F3N5O3. The van der Waals surface area contributed by atoms with Gasteiger partial charge in [0.05, 0.1) is 24.5 Å². The summed E-state index contributed by atoms with van der Waals surface area (Å²) in [4.78, 5) is 23.5. The molecule has 0 amide bonds. The number of hydrogen-bond donors (Lipinski definition) is 3. The third kappa shape index (κ3) is 5.88. The zero-order valence-electron chi connectivity index (χ0n) is 15.5. The smallest absolute Gasteiger partial charge is 0.475 e. The fourth-order valence-electron chi connectivity index (χ4n) is 2.59. The van der Waals surface area contributed by atoms with E-state index < -0.39 is 12.1 Å². The number of rotatable bonds is 5. The molecular weight excluding hydrogens is 391 g/mol. The van der Waals surface area contributed by atoms with E-state index in [0.29, 0.717) is 11.9 Å². The van der Waals surface area contributed by atoms with Crippen molar-refractivity contribution in [3.63, 3.8) is 0 Å². The number of alkyl halides is 3. The highest BCUT2D eigenvalue weighted by Gasteiger charge is 2.38. The number of carbonyl (C=O) groups is 1. The predicted molar refractivity (Wildman–Crippen MR) is 99.2 cm³/mol. The lowest BCUT2D eigenvalue weighted by atomic mass is 10.1. The highest BCUT2D eigenvalue weighted by atomic mass is 19.4. The molecule has 2 aromatic heterocycles. The van der Waals surface area contributed by atoms with E-state index in [1.54, 1.807) is 10.9 Å². The Hall–Kier alpha value is -3.21. The number of fused-ring (bicyclic) bond motifs is 1. The number of nitrogens with zero attached hydrogens (tertiary/aromatic N) is 3. The van der Waals surface area contributed by atoms with Crippen LogP contribution in [0.3, 0.4) is 0 Å². The van der Waals surface area contributed by atoms with Gasteiger partial charge >= 0.3 is 12.1 Å². The van der Waals surface area contributed by atoms with Gasteiger partial charge in [-0.15, -0.1) is 5.10 Å². The van der Waals surface area contributed by atoms with Crippen molar-refractivity contribution in [2.45, 2.75) is 38.5 Å². The maximum absolute atomic E-state index is 11.8. The van der Waals surface area contributed by atoms with Gasteiger partial charge in [0.25, 0.3) is 5.56 Å². The third-order valence-corrected chi connectivity index (χ3v) is 4.01. The van der Waals surface area contributed by atoms with E-state index in [1.807, 2.05) is 30.5 Å². The quantitative estimate of drug-likeness (QED) is 0.592. The summed E-state index contributed by atoms with van der Waals surface area (Å²) in [7, 11) is 0. The summed E-state index contributed by atoms with van der Waals surface area (Å²) in [6, 6.07) is 7.47. The molecule has 1 unspecified atom stereocenters. The van der Waals surface area contributed by atoms with Gasteiger partial charge in [-0.05, 0) is 23.4 Å². The summed E-state index contributed by atoms with van der Waals surface area (Å²) < 4.78 is 33.5. The van der Waals surface area contributed by atoms with Crippen LogP contribution in [0.2, 0.25) is 0 Å². The van der Waals surface area contributed by atoms with Crippen LogP contribution in [0.1, 0.15) is 37.1 Å². The van der Waals surface area contributed by atoms with Gasteiger partial charge in [0.2, 0.25) is 0 Å². The van der Waals surface area contributed by atoms with Crippen LogP contribution in [0.5, 0.6) is 0 Å². The van der Waals surface area contributed by atoms with Gasteiger partial charge in [-0.1, -0.05) is 36.8 Å². The van der Waals surface area contributed by atoms with Crippen molar-refractivity contribution < 1.29 is 23.1 Å². The Morgan fingerprint density at radius 1 is 1.31 bits per heavy atom. The van der Waals surface area contributed by atoms with Crippen molar-refractivity contribution in [2.75, 3.05) is 0 Å². The van der Waals surface area contributed by atoms with E-state index in [2.05, 4.69) is 22.2 Å². The molecule has 8 nitrogen and oxygen atoms in total. The molecule has 0 fully saturated rings. The van der Waals surface area contributed by atoms with E-state index in [1.165, 1.54) is 0 Å². The van der Waals surface area contributed by atoms with Crippen LogP contribution < -0.4 is 11.3 Å². The Balaban J connectivity index is 0.000000370. The lowest BCUT2D eigenvalue weighted by Gasteiger charge is -2.06. The molecule has 0 saturated heterocycles. The highest BCUT2D eigenvalue weighted by Crippen LogP contribution is 2.17. The van der Waals surface area contributed by atoms with Crippen molar-refractivity contribution in [1.29, 1.82) is 0 Å². The summed E-state index contributed by atoms with van der Waals surface area (Å²) >= 11 is 0. The molecule has 11 heteroatoms. The molecule has 0 aliphatic carbocycles. The van der Waals surface area contributed by atoms with Crippen molar-refractivity contribution in [2.24, 2.45) is 5.73 Å². The van der Waals surface area contributed by atoms with Crippen LogP contribution in [0.4, 0.5) is 13.2 Å². The van der Waals surface area contributed by atoms with Gasteiger partial charge in [-0.2, -0.15) is 13.2 Å². The summed E-state index contributed by atoms with van der Waals surface area (Å²) in [5.74, 6) is -2.76. The SMILES string of the molecule is CCCC(N)c1cn(Cc2c[nH]c(=O)c3ccccc23)nn1.O=C(O)C(F)(F)F. The van der Waals surface area contributed by atoms with Gasteiger partial charge in [0.15, 0.2) is 0 Å². The molecule has 0 aliphatic heterocycles. The first-order valence-electron chi connectivity index (χ1n) is 8.68. The first-order chi connectivity index (χ1) is 13.6. The largest absolute Gasteiger partial charge is 0.490 e. The minimum atomic E-state index is -5.08. The summed E-state index contributed by atoms with van der Waals surface area (Å²) in [6.07, 6.45) is 0.428. The number of aromatic amines is 1. The Bertz CT molecular complexity index is 1030. The lowest BCUT2D eigenvalue weighted by molar-refractivity contribution is -0.192. The number of pyridine rings is 1. The number of aromatic nitrogens is 4. The minimum absolute atomic E-state index is 0.0777. The summed E-state index contributed by atoms with van der Waals surface area (Å²) in [5, 5.41) is 17.0. The fraction of sp³-hybridized carbons (Fsp3) is 0.333. The zero-order valence-corrected chi connectivity index (χ0v) is 15.5. The molecule has 3 rings (SSSR count). The Morgan fingerprint density at radius 2 is 1.93 bits per heavy atom. The van der Waals surface area contributed by atoms with E-state index in [4.69, 9.17) is 15.6 Å². The molecule has 0 bridgehead atoms. The first-order valence-corrected chi connectivity index (χ1v) is 8.68. The second-order valence-electron chi connectivity index (χ2n) is 6.23. The van der Waals surface area contributed by atoms with E-state index in [9.17, 15) is 18.0 Å². The number of halogens is 3. The van der Waals surface area contributed by atoms with E-state index in [0.717, 1.165) is 29.5 Å². The Labute approximate surface area is 163 Å². The van der Waals surface area contributed by atoms with Crippen molar-refractivity contribution >= 4 is 16.7 Å². The van der Waals surface area contributed by atoms with Crippen molar-refractivity contribution in [3.05, 3.63) is 58.3 Å². The van der Waals surface area contributed by atoms with Crippen LogP contribution in [-0.2, 0) is 11.3 Å². The van der Waals surface area contributed by atoms with Crippen LogP contribution >= 0.6 is 0 Å². The topological polar surface area (TPSA) is 127 Å². The molecule has 29 heavy (non-hydrogen) atoms. The first kappa shape index (κ1) is 22.1. The van der Waals surface area contributed by atoms with Gasteiger partial charge in [0.1, 0.15) is 0 Å². The molecule has 1 aromatic carbocycles. The second-order valence-corrected chi connectivity index (χ2v) is 6.23. The molecule has 0 aliphatic rings. The molecule has 0 saturated carbocycles. The minimum Gasteiger partial charge on any atom is -0.475 e. The molecule has 2 heterocycles. The number of H-pyrrole nitrogens is 1. The molecule has 0 radical (unpaired) electrons. The number of nitrogens with one attached hydrogen (secondary N) is 1. The molecule has 156 valence electrons. The monoisotopic (exact) mass is 411 g/mol. The number of hydrogen-bond acceptors (Lipinski definition) is 5. The van der Waals surface area contributed by atoms with Crippen LogP contribution in [0.25, 0.3) is 10.8 Å². The maximum atomic E-state index is 11.8. The van der Waals surface area contributed by atoms with Gasteiger partial charge < -0.3 is 15.8 Å². The van der Waals surface area contributed by atoms with Crippen LogP contribution in [0.15, 0.2) is 41.5 Å². The fourth-order valence-corrected chi connectivity index (χ4v) is 2.59. The summed E-state index contributed by atoms with van der Waals surface area (Å²) in [5.41, 5.74) is 7.78. The standard InChI is InChI=1S/C16H19N5O.C2HF3O2/c1-2-5-14(17)15-10-21(20-19-15)9-11-8-18-16(22)13-7-4-3-6-12(11)13;3-2(4,5)1(6)7/h3-4,6-8,10,14H,2,5,9,17H2,1H3,(H,18,22);(H,6,7). The average Bonchev–Trinajstić information content (AvgIpc) is 3.13. The normalized spacial score (nSPS) is 12.3. The molecule has 3 aromatic rings. The Morgan fingerprint density at radius 3 is 2.52 bits per heavy atom. The van der Waals surface area contributed by atoms with Gasteiger partial charge in [-0.3, -0.25) is 4.79 Å². The number of benzene rings is 1. The second kappa shape index (κ2) is 9.32. The number of aliphatic carboxylic acids is 1. The van der Waals surface area contributed by atoms with Crippen molar-refractivity contribution in [1.82, 2.24) is 20.0 Å². The van der Waals surface area contributed by atoms with Crippen LogP contribution in [0, 0.1) is 0 Å². The predicted octanol–water partition coefficient (Wildman–Crippen LogP) is 2.60. The number of carboxylic acids is 1. The number of nitrogens with two attached hydrogens (primary N) is 1. The zero-order chi connectivity index (χ0) is 21.6. The summed E-state index contributed by atoms with van der Waals surface area (Å²) in [6.45, 7) is 2.64. The van der Waals surface area contributed by atoms with Crippen molar-refractivity contribution in [3.8, 4) is 0 Å².